The minimum Gasteiger partial charge on any atom is -0.390 e. The van der Waals surface area contributed by atoms with Crippen LogP contribution in [0.25, 0.3) is 0 Å². The molecule has 0 aliphatic rings. The van der Waals surface area contributed by atoms with Crippen LogP contribution in [-0.2, 0) is 21.5 Å². The Morgan fingerprint density at radius 2 is 1.56 bits per heavy atom. The summed E-state index contributed by atoms with van der Waals surface area (Å²) in [5, 5.41) is 3.39. The Bertz CT molecular complexity index is 1140. The summed E-state index contributed by atoms with van der Waals surface area (Å²) in [5.41, 5.74) is -8.13. The number of oxime groups is 1. The summed E-state index contributed by atoms with van der Waals surface area (Å²) in [7, 11) is -5.82. The van der Waals surface area contributed by atoms with E-state index < -0.39 is 62.5 Å². The van der Waals surface area contributed by atoms with Crippen LogP contribution < -0.4 is 4.72 Å². The van der Waals surface area contributed by atoms with Crippen molar-refractivity contribution in [2.75, 3.05) is 4.72 Å². The second-order valence-electron chi connectivity index (χ2n) is 5.95. The van der Waals surface area contributed by atoms with Gasteiger partial charge in [-0.2, -0.15) is 21.6 Å². The molecule has 0 saturated heterocycles. The maximum atomic E-state index is 13.7. The molecule has 0 saturated carbocycles. The topological polar surface area (TPSA) is 67.8 Å². The van der Waals surface area contributed by atoms with Gasteiger partial charge in [0.15, 0.2) is 23.3 Å². The molecule has 0 amide bonds. The van der Waals surface area contributed by atoms with Crippen molar-refractivity contribution in [2.45, 2.75) is 25.5 Å². The van der Waals surface area contributed by atoms with Crippen molar-refractivity contribution in [1.82, 2.24) is 0 Å². The lowest BCUT2D eigenvalue weighted by Gasteiger charge is -2.15. The van der Waals surface area contributed by atoms with Gasteiger partial charge in [0.2, 0.25) is 5.82 Å². The molecule has 0 aliphatic heterocycles. The van der Waals surface area contributed by atoms with Crippen LogP contribution in [0.3, 0.4) is 0 Å². The first kappa shape index (κ1) is 25.6. The third-order valence-electron chi connectivity index (χ3n) is 3.86. The zero-order valence-corrected chi connectivity index (χ0v) is 17.2. The Balaban J connectivity index is 2.41. The fraction of sp³-hybridized carbons (Fsp3) is 0.235. The highest BCUT2D eigenvalue weighted by Gasteiger charge is 2.46. The standard InChI is InChI=1S/C17H11ClF8N2O3S/c1-2-10(27-31-6-9-12(19)14(21)16(23)15(22)13(9)20)8-5-7(18)3-4-11(8)28-32(29,30)17(24,25)26/h3-5,28H,2,6H2,1H3/b27-10+. The Morgan fingerprint density at radius 1 is 1.03 bits per heavy atom. The van der Waals surface area contributed by atoms with Gasteiger partial charge in [-0.3, -0.25) is 4.72 Å². The van der Waals surface area contributed by atoms with Crippen molar-refractivity contribution in [3.8, 4) is 0 Å². The summed E-state index contributed by atoms with van der Waals surface area (Å²) in [5.74, 6) is -11.1. The van der Waals surface area contributed by atoms with Crippen molar-refractivity contribution in [2.24, 2.45) is 5.16 Å². The molecule has 2 aromatic rings. The van der Waals surface area contributed by atoms with Gasteiger partial charge in [0.1, 0.15) is 6.61 Å². The fourth-order valence-electron chi connectivity index (χ4n) is 2.30. The van der Waals surface area contributed by atoms with E-state index >= 15 is 0 Å². The molecule has 0 bridgehead atoms. The van der Waals surface area contributed by atoms with Crippen LogP contribution in [0.15, 0.2) is 23.4 Å². The van der Waals surface area contributed by atoms with E-state index in [1.54, 1.807) is 0 Å². The van der Waals surface area contributed by atoms with E-state index in [1.165, 1.54) is 11.6 Å². The van der Waals surface area contributed by atoms with Crippen LogP contribution in [0, 0.1) is 29.1 Å². The third-order valence-corrected chi connectivity index (χ3v) is 5.19. The second-order valence-corrected chi connectivity index (χ2v) is 8.06. The molecule has 0 unspecified atom stereocenters. The highest BCUT2D eigenvalue weighted by Crippen LogP contribution is 2.30. The Hall–Kier alpha value is -2.61. The molecule has 32 heavy (non-hydrogen) atoms. The lowest BCUT2D eigenvalue weighted by Crippen LogP contribution is -2.30. The first-order valence-electron chi connectivity index (χ1n) is 8.29. The number of halogens is 9. The number of anilines is 1. The van der Waals surface area contributed by atoms with Gasteiger partial charge in [-0.25, -0.2) is 22.0 Å². The van der Waals surface area contributed by atoms with E-state index in [-0.39, 0.29) is 22.7 Å². The van der Waals surface area contributed by atoms with Gasteiger partial charge in [-0.1, -0.05) is 23.7 Å². The van der Waals surface area contributed by atoms with E-state index in [9.17, 15) is 43.5 Å². The van der Waals surface area contributed by atoms with E-state index in [2.05, 4.69) is 9.99 Å². The van der Waals surface area contributed by atoms with Crippen molar-refractivity contribution in [3.63, 3.8) is 0 Å². The lowest BCUT2D eigenvalue weighted by molar-refractivity contribution is -0.0429. The fourth-order valence-corrected chi connectivity index (χ4v) is 3.06. The SMILES string of the molecule is CC/C(=N\OCc1c(F)c(F)c(F)c(F)c1F)c1cc(Cl)ccc1NS(=O)(=O)C(F)(F)F. The van der Waals surface area contributed by atoms with Crippen LogP contribution in [0.5, 0.6) is 0 Å². The molecule has 0 heterocycles. The molecule has 0 atom stereocenters. The van der Waals surface area contributed by atoms with Gasteiger partial charge >= 0.3 is 15.5 Å². The molecule has 0 fully saturated rings. The molecule has 2 aromatic carbocycles. The van der Waals surface area contributed by atoms with Crippen molar-refractivity contribution in [3.05, 3.63) is 63.4 Å². The summed E-state index contributed by atoms with van der Waals surface area (Å²) in [6.07, 6.45) is -0.127. The highest BCUT2D eigenvalue weighted by atomic mass is 35.5. The number of benzene rings is 2. The van der Waals surface area contributed by atoms with Crippen molar-refractivity contribution >= 4 is 33.0 Å². The average Bonchev–Trinajstić information content (AvgIpc) is 2.71. The first-order chi connectivity index (χ1) is 14.7. The number of hydrogen-bond acceptors (Lipinski definition) is 4. The number of sulfonamides is 1. The quantitative estimate of drug-likeness (QED) is 0.173. The van der Waals surface area contributed by atoms with E-state index in [4.69, 9.17) is 11.6 Å². The number of nitrogens with one attached hydrogen (secondary N) is 1. The molecule has 0 aliphatic carbocycles. The summed E-state index contributed by atoms with van der Waals surface area (Å²) in [6, 6.07) is 3.00. The summed E-state index contributed by atoms with van der Waals surface area (Å²) in [6.45, 7) is 0.170. The van der Waals surface area contributed by atoms with E-state index in [0.29, 0.717) is 0 Å². The maximum Gasteiger partial charge on any atom is 0.516 e. The molecule has 2 rings (SSSR count). The molecule has 176 valence electrons. The minimum absolute atomic E-state index is 0.0455. The van der Waals surface area contributed by atoms with Crippen molar-refractivity contribution in [1.29, 1.82) is 0 Å². The monoisotopic (exact) mass is 510 g/mol. The Morgan fingerprint density at radius 3 is 2.06 bits per heavy atom. The van der Waals surface area contributed by atoms with Gasteiger partial charge in [0.25, 0.3) is 0 Å². The summed E-state index contributed by atoms with van der Waals surface area (Å²) >= 11 is 5.79. The van der Waals surface area contributed by atoms with Gasteiger partial charge in [0, 0.05) is 10.6 Å². The number of hydrogen-bond donors (Lipinski definition) is 1. The lowest BCUT2D eigenvalue weighted by atomic mass is 10.1. The molecule has 1 N–H and O–H groups in total. The normalized spacial score (nSPS) is 12.8. The van der Waals surface area contributed by atoms with Crippen LogP contribution in [-0.4, -0.2) is 19.6 Å². The van der Waals surface area contributed by atoms with Gasteiger partial charge < -0.3 is 4.84 Å². The highest BCUT2D eigenvalue weighted by molar-refractivity contribution is 7.93. The predicted molar refractivity (Wildman–Crippen MR) is 97.9 cm³/mol. The van der Waals surface area contributed by atoms with E-state index in [0.717, 1.165) is 18.2 Å². The van der Waals surface area contributed by atoms with Crippen molar-refractivity contribution < 1.29 is 48.4 Å². The van der Waals surface area contributed by atoms with Crippen LogP contribution in [0.4, 0.5) is 40.8 Å². The number of alkyl halides is 3. The van der Waals surface area contributed by atoms with E-state index in [1.807, 2.05) is 0 Å². The Labute approximate surface area is 180 Å². The maximum absolute atomic E-state index is 13.7. The Kier molecular flexibility index (Phi) is 7.60. The smallest absolute Gasteiger partial charge is 0.390 e. The van der Waals surface area contributed by atoms with Gasteiger partial charge in [-0.15, -0.1) is 0 Å². The average molecular weight is 511 g/mol. The molecule has 0 spiro atoms. The zero-order valence-electron chi connectivity index (χ0n) is 15.6. The largest absolute Gasteiger partial charge is 0.516 e. The molecular formula is C17H11ClF8N2O3S. The number of nitrogens with zero attached hydrogens (tertiary/aromatic N) is 1. The second kappa shape index (κ2) is 9.48. The molecule has 15 heteroatoms. The molecule has 0 aromatic heterocycles. The zero-order chi connectivity index (χ0) is 24.4. The molecule has 0 radical (unpaired) electrons. The van der Waals surface area contributed by atoms with Crippen LogP contribution in [0.2, 0.25) is 5.02 Å². The van der Waals surface area contributed by atoms with Crippen LogP contribution >= 0.6 is 11.6 Å². The minimum atomic E-state index is -5.82. The van der Waals surface area contributed by atoms with Gasteiger partial charge in [-0.05, 0) is 24.6 Å². The predicted octanol–water partition coefficient (Wildman–Crippen LogP) is 5.63. The third kappa shape index (κ3) is 5.23. The van der Waals surface area contributed by atoms with Crippen LogP contribution in [0.1, 0.15) is 24.5 Å². The molecular weight excluding hydrogens is 500 g/mol. The number of rotatable bonds is 7. The summed E-state index contributed by atoms with van der Waals surface area (Å²) < 4.78 is 129. The summed E-state index contributed by atoms with van der Waals surface area (Å²) in [4.78, 5) is 4.64. The first-order valence-corrected chi connectivity index (χ1v) is 10.2. The van der Waals surface area contributed by atoms with Gasteiger partial charge in [0.05, 0.1) is 17.0 Å². The molecule has 5 nitrogen and oxygen atoms in total.